The van der Waals surface area contributed by atoms with Crippen molar-refractivity contribution in [2.45, 2.75) is 6.18 Å². The zero-order valence-electron chi connectivity index (χ0n) is 10.8. The standard InChI is InChI=1S/C14H10F3NO3/c1-21-11-5-2-9(3-6-11)10-4-7-13(18(19)20)12(8-10)14(15,16)17/h2-8H,1H3. The molecule has 0 N–H and O–H groups in total. The van der Waals surface area contributed by atoms with Gasteiger partial charge in [0.05, 0.1) is 12.0 Å². The molecule has 0 aliphatic carbocycles. The molecule has 0 saturated heterocycles. The van der Waals surface area contributed by atoms with Gasteiger partial charge in [0.15, 0.2) is 0 Å². The SMILES string of the molecule is COc1ccc(-c2ccc([N+](=O)[O-])c(C(F)(F)F)c2)cc1. The van der Waals surface area contributed by atoms with E-state index in [2.05, 4.69) is 0 Å². The van der Waals surface area contributed by atoms with Gasteiger partial charge in [-0.1, -0.05) is 12.1 Å². The van der Waals surface area contributed by atoms with Crippen LogP contribution in [0.25, 0.3) is 11.1 Å². The van der Waals surface area contributed by atoms with Crippen molar-refractivity contribution < 1.29 is 22.8 Å². The number of hydrogen-bond acceptors (Lipinski definition) is 3. The molecule has 0 unspecified atom stereocenters. The lowest BCUT2D eigenvalue weighted by atomic mass is 10.0. The highest BCUT2D eigenvalue weighted by Gasteiger charge is 2.38. The quantitative estimate of drug-likeness (QED) is 0.627. The van der Waals surface area contributed by atoms with Gasteiger partial charge < -0.3 is 4.74 Å². The van der Waals surface area contributed by atoms with E-state index in [0.717, 1.165) is 12.1 Å². The number of hydrogen-bond donors (Lipinski definition) is 0. The molecule has 0 aliphatic rings. The van der Waals surface area contributed by atoms with E-state index in [-0.39, 0.29) is 5.56 Å². The lowest BCUT2D eigenvalue weighted by Crippen LogP contribution is -2.09. The van der Waals surface area contributed by atoms with Gasteiger partial charge in [-0.05, 0) is 35.4 Å². The summed E-state index contributed by atoms with van der Waals surface area (Å²) >= 11 is 0. The van der Waals surface area contributed by atoms with Crippen molar-refractivity contribution in [2.24, 2.45) is 0 Å². The molecule has 0 bridgehead atoms. The Morgan fingerprint density at radius 3 is 2.10 bits per heavy atom. The molecule has 4 nitrogen and oxygen atoms in total. The van der Waals surface area contributed by atoms with E-state index in [9.17, 15) is 23.3 Å². The number of nitrogens with zero attached hydrogens (tertiary/aromatic N) is 1. The maximum atomic E-state index is 12.9. The van der Waals surface area contributed by atoms with Crippen LogP contribution >= 0.6 is 0 Å². The predicted molar refractivity (Wildman–Crippen MR) is 70.1 cm³/mol. The maximum absolute atomic E-state index is 12.9. The minimum absolute atomic E-state index is 0.246. The molecule has 0 atom stereocenters. The van der Waals surface area contributed by atoms with E-state index in [0.29, 0.717) is 11.3 Å². The van der Waals surface area contributed by atoms with Gasteiger partial charge in [0, 0.05) is 6.07 Å². The van der Waals surface area contributed by atoms with Crippen LogP contribution in [0.4, 0.5) is 18.9 Å². The molecule has 21 heavy (non-hydrogen) atoms. The molecule has 2 aromatic rings. The van der Waals surface area contributed by atoms with Crippen LogP contribution in [-0.2, 0) is 6.18 Å². The fourth-order valence-corrected chi connectivity index (χ4v) is 1.89. The lowest BCUT2D eigenvalue weighted by molar-refractivity contribution is -0.388. The molecule has 0 spiro atoms. The van der Waals surface area contributed by atoms with Crippen LogP contribution in [0.2, 0.25) is 0 Å². The summed E-state index contributed by atoms with van der Waals surface area (Å²) in [7, 11) is 1.47. The first-order chi connectivity index (χ1) is 9.82. The third kappa shape index (κ3) is 3.13. The van der Waals surface area contributed by atoms with Gasteiger partial charge in [0.1, 0.15) is 11.3 Å². The van der Waals surface area contributed by atoms with Crippen molar-refractivity contribution in [1.82, 2.24) is 0 Å². The molecule has 2 aromatic carbocycles. The number of halogens is 3. The molecule has 0 radical (unpaired) electrons. The monoisotopic (exact) mass is 297 g/mol. The highest BCUT2D eigenvalue weighted by atomic mass is 19.4. The van der Waals surface area contributed by atoms with E-state index in [1.165, 1.54) is 13.2 Å². The summed E-state index contributed by atoms with van der Waals surface area (Å²) in [5.74, 6) is 0.566. The molecule has 2 rings (SSSR count). The molecular formula is C14H10F3NO3. The average molecular weight is 297 g/mol. The third-order valence-electron chi connectivity index (χ3n) is 2.92. The largest absolute Gasteiger partial charge is 0.497 e. The second-order valence-corrected chi connectivity index (χ2v) is 4.22. The van der Waals surface area contributed by atoms with Gasteiger partial charge >= 0.3 is 6.18 Å². The van der Waals surface area contributed by atoms with Crippen molar-refractivity contribution in [3.8, 4) is 16.9 Å². The molecule has 110 valence electrons. The number of rotatable bonds is 3. The number of methoxy groups -OCH3 is 1. The Morgan fingerprint density at radius 2 is 1.62 bits per heavy atom. The fraction of sp³-hybridized carbons (Fsp3) is 0.143. The van der Waals surface area contributed by atoms with Crippen molar-refractivity contribution in [3.63, 3.8) is 0 Å². The van der Waals surface area contributed by atoms with Gasteiger partial charge in [-0.25, -0.2) is 0 Å². The molecule has 0 aromatic heterocycles. The first kappa shape index (κ1) is 14.8. The molecular weight excluding hydrogens is 287 g/mol. The van der Waals surface area contributed by atoms with Crippen molar-refractivity contribution in [3.05, 3.63) is 58.1 Å². The summed E-state index contributed by atoms with van der Waals surface area (Å²) in [5.41, 5.74) is -1.47. The van der Waals surface area contributed by atoms with Crippen LogP contribution in [0, 0.1) is 10.1 Å². The van der Waals surface area contributed by atoms with Crippen LogP contribution in [0.3, 0.4) is 0 Å². The Hall–Kier alpha value is -2.57. The molecule has 0 amide bonds. The summed E-state index contributed by atoms with van der Waals surface area (Å²) < 4.78 is 43.7. The Bertz CT molecular complexity index is 666. The van der Waals surface area contributed by atoms with Crippen molar-refractivity contribution in [1.29, 1.82) is 0 Å². The number of alkyl halides is 3. The molecule has 0 fully saturated rings. The predicted octanol–water partition coefficient (Wildman–Crippen LogP) is 4.29. The summed E-state index contributed by atoms with van der Waals surface area (Å²) in [6.45, 7) is 0. The number of nitro groups is 1. The highest BCUT2D eigenvalue weighted by molar-refractivity contribution is 5.67. The van der Waals surface area contributed by atoms with Crippen LogP contribution in [-0.4, -0.2) is 12.0 Å². The minimum Gasteiger partial charge on any atom is -0.497 e. The van der Waals surface area contributed by atoms with Crippen molar-refractivity contribution in [2.75, 3.05) is 7.11 Å². The Balaban J connectivity index is 2.53. The summed E-state index contributed by atoms with van der Waals surface area (Å²) in [5, 5.41) is 10.7. The van der Waals surface area contributed by atoms with Gasteiger partial charge in [0.25, 0.3) is 5.69 Å². The van der Waals surface area contributed by atoms with Crippen LogP contribution in [0.15, 0.2) is 42.5 Å². The Morgan fingerprint density at radius 1 is 1.05 bits per heavy atom. The number of ether oxygens (including phenoxy) is 1. The second-order valence-electron chi connectivity index (χ2n) is 4.22. The van der Waals surface area contributed by atoms with Gasteiger partial charge in [0.2, 0.25) is 0 Å². The molecule has 0 saturated carbocycles. The fourth-order valence-electron chi connectivity index (χ4n) is 1.89. The first-order valence-corrected chi connectivity index (χ1v) is 5.83. The van der Waals surface area contributed by atoms with E-state index >= 15 is 0 Å². The topological polar surface area (TPSA) is 52.4 Å². The zero-order valence-corrected chi connectivity index (χ0v) is 10.8. The van der Waals surface area contributed by atoms with E-state index in [1.807, 2.05) is 0 Å². The lowest BCUT2D eigenvalue weighted by Gasteiger charge is -2.10. The van der Waals surface area contributed by atoms with Gasteiger partial charge in [-0.3, -0.25) is 10.1 Å². The number of nitro benzene ring substituents is 1. The molecule has 0 heterocycles. The Kier molecular flexibility index (Phi) is 3.84. The third-order valence-corrected chi connectivity index (χ3v) is 2.92. The first-order valence-electron chi connectivity index (χ1n) is 5.83. The Labute approximate surface area is 117 Å². The van der Waals surface area contributed by atoms with Gasteiger partial charge in [-0.15, -0.1) is 0 Å². The minimum atomic E-state index is -4.79. The summed E-state index contributed by atoms with van der Waals surface area (Å²) in [6.07, 6.45) is -4.79. The summed E-state index contributed by atoms with van der Waals surface area (Å²) in [4.78, 5) is 9.65. The van der Waals surface area contributed by atoms with E-state index in [1.54, 1.807) is 24.3 Å². The van der Waals surface area contributed by atoms with Crippen LogP contribution < -0.4 is 4.74 Å². The zero-order chi connectivity index (χ0) is 15.6. The number of benzene rings is 2. The normalized spacial score (nSPS) is 11.2. The van der Waals surface area contributed by atoms with Crippen LogP contribution in [0.5, 0.6) is 5.75 Å². The smallest absolute Gasteiger partial charge is 0.423 e. The molecule has 7 heteroatoms. The average Bonchev–Trinajstić information content (AvgIpc) is 2.45. The van der Waals surface area contributed by atoms with E-state index < -0.39 is 22.4 Å². The summed E-state index contributed by atoms with van der Waals surface area (Å²) in [6, 6.07) is 9.30. The van der Waals surface area contributed by atoms with E-state index in [4.69, 9.17) is 4.74 Å². The second kappa shape index (κ2) is 5.43. The van der Waals surface area contributed by atoms with Crippen LogP contribution in [0.1, 0.15) is 5.56 Å². The molecule has 0 aliphatic heterocycles. The van der Waals surface area contributed by atoms with Gasteiger partial charge in [-0.2, -0.15) is 13.2 Å². The van der Waals surface area contributed by atoms with Crippen molar-refractivity contribution >= 4 is 5.69 Å². The maximum Gasteiger partial charge on any atom is 0.423 e. The highest BCUT2D eigenvalue weighted by Crippen LogP contribution is 2.38.